The van der Waals surface area contributed by atoms with Crippen LogP contribution in [0.5, 0.6) is 0 Å². The molecule has 1 N–H and O–H groups in total. The Hall–Kier alpha value is -3.57. The lowest BCUT2D eigenvalue weighted by Crippen LogP contribution is -2.06. The van der Waals surface area contributed by atoms with Gasteiger partial charge in [0.15, 0.2) is 0 Å². The first-order valence-corrected chi connectivity index (χ1v) is 10.7. The van der Waals surface area contributed by atoms with E-state index in [0.29, 0.717) is 23.7 Å². The third-order valence-electron chi connectivity index (χ3n) is 5.07. The van der Waals surface area contributed by atoms with Gasteiger partial charge in [-0.3, -0.25) is 0 Å². The monoisotopic (exact) mass is 413 g/mol. The Balaban J connectivity index is 1.87. The Morgan fingerprint density at radius 1 is 1.00 bits per heavy atom. The van der Waals surface area contributed by atoms with Crippen LogP contribution in [0.2, 0.25) is 0 Å². The normalized spacial score (nSPS) is 11.1. The molecule has 0 spiro atoms. The summed E-state index contributed by atoms with van der Waals surface area (Å²) in [5.74, 6) is 0.806. The molecule has 0 atom stereocenters. The van der Waals surface area contributed by atoms with Crippen LogP contribution < -0.4 is 0 Å². The Labute approximate surface area is 177 Å². The van der Waals surface area contributed by atoms with Crippen molar-refractivity contribution >= 4 is 28.2 Å². The second kappa shape index (κ2) is 7.69. The van der Waals surface area contributed by atoms with Gasteiger partial charge in [-0.15, -0.1) is 0 Å². The molecule has 0 aliphatic rings. The van der Waals surface area contributed by atoms with Gasteiger partial charge in [0.1, 0.15) is 17.1 Å². The van der Waals surface area contributed by atoms with Crippen LogP contribution in [0.4, 0.5) is 0 Å². The molecular weight excluding hydrogens is 394 g/mol. The van der Waals surface area contributed by atoms with Crippen LogP contribution >= 0.6 is 11.3 Å². The highest BCUT2D eigenvalue weighted by Gasteiger charge is 2.30. The van der Waals surface area contributed by atoms with Crippen molar-refractivity contribution in [3.63, 3.8) is 0 Å². The highest BCUT2D eigenvalue weighted by molar-refractivity contribution is 7.08. The molecule has 0 radical (unpaired) electrons. The van der Waals surface area contributed by atoms with Crippen molar-refractivity contribution < 1.29 is 13.9 Å². The van der Waals surface area contributed by atoms with Crippen LogP contribution in [0.15, 0.2) is 82.0 Å². The van der Waals surface area contributed by atoms with Crippen molar-refractivity contribution in [2.45, 2.75) is 6.92 Å². The number of aromatic nitrogens is 1. The predicted molar refractivity (Wildman–Crippen MR) is 121 cm³/mol. The number of fused-ring (bicyclic) bond motifs is 1. The lowest BCUT2D eigenvalue weighted by atomic mass is 9.96. The second-order valence-electron chi connectivity index (χ2n) is 6.86. The van der Waals surface area contributed by atoms with E-state index < -0.39 is 0 Å². The summed E-state index contributed by atoms with van der Waals surface area (Å²) in [6.07, 6.45) is 1.93. The fraction of sp³-hybridized carbons (Fsp3) is 0.0800. The number of carbonyl (C=O) groups excluding carboxylic acids is 1. The lowest BCUT2D eigenvalue weighted by molar-refractivity contribution is 0.0527. The molecule has 2 aromatic carbocycles. The molecule has 5 aromatic rings. The number of H-pyrrole nitrogens is 1. The van der Waals surface area contributed by atoms with Crippen molar-refractivity contribution in [1.82, 2.24) is 4.98 Å². The number of furan rings is 1. The Morgan fingerprint density at radius 3 is 2.57 bits per heavy atom. The van der Waals surface area contributed by atoms with Crippen molar-refractivity contribution in [2.75, 3.05) is 6.61 Å². The highest BCUT2D eigenvalue weighted by atomic mass is 32.1. The second-order valence-corrected chi connectivity index (χ2v) is 7.64. The summed E-state index contributed by atoms with van der Waals surface area (Å²) in [6.45, 7) is 2.10. The summed E-state index contributed by atoms with van der Waals surface area (Å²) >= 11 is 1.59. The highest BCUT2D eigenvalue weighted by Crippen LogP contribution is 2.46. The lowest BCUT2D eigenvalue weighted by Gasteiger charge is -2.06. The molecule has 30 heavy (non-hydrogen) atoms. The molecule has 0 fully saturated rings. The summed E-state index contributed by atoms with van der Waals surface area (Å²) in [5, 5.41) is 5.06. The number of aromatic amines is 1. The van der Waals surface area contributed by atoms with Gasteiger partial charge in [-0.1, -0.05) is 48.5 Å². The number of nitrogens with one attached hydrogen (secondary N) is 1. The number of carbonyl (C=O) groups is 1. The molecule has 0 aliphatic carbocycles. The molecule has 0 saturated carbocycles. The minimum absolute atomic E-state index is 0.291. The van der Waals surface area contributed by atoms with Gasteiger partial charge in [0, 0.05) is 44.7 Å². The number of para-hydroxylation sites is 1. The molecular formula is C25H19NO3S. The van der Waals surface area contributed by atoms with Crippen LogP contribution in [-0.2, 0) is 4.74 Å². The van der Waals surface area contributed by atoms with E-state index in [0.717, 1.165) is 33.2 Å². The molecule has 0 saturated heterocycles. The molecule has 5 rings (SSSR count). The van der Waals surface area contributed by atoms with E-state index >= 15 is 0 Å². The summed E-state index contributed by atoms with van der Waals surface area (Å²) in [6, 6.07) is 19.7. The topological polar surface area (TPSA) is 55.2 Å². The minimum atomic E-state index is -0.387. The van der Waals surface area contributed by atoms with E-state index in [1.807, 2.05) is 84.5 Å². The first-order valence-electron chi connectivity index (χ1n) is 9.76. The van der Waals surface area contributed by atoms with Gasteiger partial charge in [-0.25, -0.2) is 4.79 Å². The number of benzene rings is 2. The zero-order valence-corrected chi connectivity index (χ0v) is 17.2. The van der Waals surface area contributed by atoms with Crippen molar-refractivity contribution in [3.05, 3.63) is 83.2 Å². The van der Waals surface area contributed by atoms with E-state index in [2.05, 4.69) is 4.98 Å². The first-order chi connectivity index (χ1) is 14.8. The smallest absolute Gasteiger partial charge is 0.342 e. The summed E-state index contributed by atoms with van der Waals surface area (Å²) < 4.78 is 11.9. The molecule has 0 aliphatic heterocycles. The van der Waals surface area contributed by atoms with Crippen LogP contribution in [0.3, 0.4) is 0 Å². The molecule has 3 aromatic heterocycles. The van der Waals surface area contributed by atoms with Crippen molar-refractivity contribution in [3.8, 4) is 33.8 Å². The fourth-order valence-corrected chi connectivity index (χ4v) is 4.39. The van der Waals surface area contributed by atoms with Crippen LogP contribution in [0.1, 0.15) is 17.3 Å². The molecule has 0 amide bonds. The number of thiophene rings is 1. The molecule has 5 heteroatoms. The van der Waals surface area contributed by atoms with E-state index in [-0.39, 0.29) is 5.97 Å². The maximum atomic E-state index is 13.2. The molecule has 0 unspecified atom stereocenters. The van der Waals surface area contributed by atoms with Crippen molar-refractivity contribution in [2.24, 2.45) is 0 Å². The van der Waals surface area contributed by atoms with Crippen LogP contribution in [0.25, 0.3) is 44.7 Å². The Morgan fingerprint density at radius 2 is 1.80 bits per heavy atom. The van der Waals surface area contributed by atoms with E-state index in [1.54, 1.807) is 11.3 Å². The number of ether oxygens (including phenoxy) is 1. The summed E-state index contributed by atoms with van der Waals surface area (Å²) in [4.78, 5) is 16.5. The Kier molecular flexibility index (Phi) is 4.73. The average Bonchev–Trinajstić information content (AvgIpc) is 3.51. The summed E-state index contributed by atoms with van der Waals surface area (Å²) in [5.41, 5.74) is 4.90. The zero-order chi connectivity index (χ0) is 20.5. The molecule has 4 nitrogen and oxygen atoms in total. The third kappa shape index (κ3) is 3.04. The maximum absolute atomic E-state index is 13.2. The van der Waals surface area contributed by atoms with Gasteiger partial charge in [0.25, 0.3) is 0 Å². The van der Waals surface area contributed by atoms with E-state index in [4.69, 9.17) is 9.15 Å². The minimum Gasteiger partial charge on any atom is -0.462 e. The van der Waals surface area contributed by atoms with Gasteiger partial charge in [0.2, 0.25) is 0 Å². The number of esters is 1. The van der Waals surface area contributed by atoms with Crippen molar-refractivity contribution in [1.29, 1.82) is 0 Å². The van der Waals surface area contributed by atoms with Crippen LogP contribution in [-0.4, -0.2) is 17.6 Å². The molecule has 3 heterocycles. The number of hydrogen-bond donors (Lipinski definition) is 1. The first kappa shape index (κ1) is 18.5. The largest absolute Gasteiger partial charge is 0.462 e. The fourth-order valence-electron chi connectivity index (χ4n) is 3.75. The number of rotatable bonds is 5. The van der Waals surface area contributed by atoms with Gasteiger partial charge < -0.3 is 14.1 Å². The maximum Gasteiger partial charge on any atom is 0.342 e. The molecule has 148 valence electrons. The quantitative estimate of drug-likeness (QED) is 0.316. The standard InChI is InChI=1S/C25H19NO3S/c1-2-28-25(27)22-21(19-14-26-20-11-7-6-10-18(19)20)24(17-12-13-30-15-17)29-23(22)16-8-4-3-5-9-16/h3-15,26H,2H2,1H3. The van der Waals surface area contributed by atoms with Gasteiger partial charge >= 0.3 is 5.97 Å². The molecule has 0 bridgehead atoms. The van der Waals surface area contributed by atoms with Gasteiger partial charge in [0.05, 0.1) is 6.61 Å². The average molecular weight is 413 g/mol. The Bertz CT molecular complexity index is 1310. The van der Waals surface area contributed by atoms with Gasteiger partial charge in [-0.05, 0) is 24.4 Å². The SMILES string of the molecule is CCOC(=O)c1c(-c2ccccc2)oc(-c2ccsc2)c1-c1c[nH]c2ccccc12. The summed E-state index contributed by atoms with van der Waals surface area (Å²) in [7, 11) is 0. The third-order valence-corrected chi connectivity index (χ3v) is 5.75. The van der Waals surface area contributed by atoms with E-state index in [9.17, 15) is 4.79 Å². The zero-order valence-electron chi connectivity index (χ0n) is 16.3. The van der Waals surface area contributed by atoms with Crippen LogP contribution in [0, 0.1) is 0 Å². The van der Waals surface area contributed by atoms with E-state index in [1.165, 1.54) is 0 Å². The number of hydrogen-bond acceptors (Lipinski definition) is 4. The predicted octanol–water partition coefficient (Wildman–Crippen LogP) is 7.00. The van der Waals surface area contributed by atoms with Gasteiger partial charge in [-0.2, -0.15) is 11.3 Å².